The van der Waals surface area contributed by atoms with Gasteiger partial charge >= 0.3 is 11.7 Å². The molecule has 1 aromatic rings. The van der Waals surface area contributed by atoms with Crippen molar-refractivity contribution in [1.29, 1.82) is 0 Å². The number of hydrogen-bond acceptors (Lipinski definition) is 6. The first-order valence-corrected chi connectivity index (χ1v) is 4.53. The van der Waals surface area contributed by atoms with E-state index in [1.807, 2.05) is 0 Å². The minimum atomic E-state index is -0.715. The van der Waals surface area contributed by atoms with Crippen LogP contribution >= 0.6 is 0 Å². The summed E-state index contributed by atoms with van der Waals surface area (Å²) in [4.78, 5) is 21.5. The van der Waals surface area contributed by atoms with Gasteiger partial charge in [0.2, 0.25) is 5.75 Å². The molecule has 7 nitrogen and oxygen atoms in total. The lowest BCUT2D eigenvalue weighted by Gasteiger charge is -2.09. The Hall–Kier alpha value is -2.31. The van der Waals surface area contributed by atoms with Crippen LogP contribution < -0.4 is 9.47 Å². The lowest BCUT2D eigenvalue weighted by atomic mass is 10.1. The fourth-order valence-electron chi connectivity index (χ4n) is 1.29. The molecule has 0 amide bonds. The van der Waals surface area contributed by atoms with Gasteiger partial charge in [0.05, 0.1) is 26.3 Å². The van der Waals surface area contributed by atoms with E-state index < -0.39 is 10.9 Å². The van der Waals surface area contributed by atoms with Crippen LogP contribution in [0.1, 0.15) is 10.4 Å². The van der Waals surface area contributed by atoms with Gasteiger partial charge in [-0.15, -0.1) is 0 Å². The van der Waals surface area contributed by atoms with Crippen molar-refractivity contribution in [3.63, 3.8) is 0 Å². The molecule has 0 saturated carbocycles. The maximum Gasteiger partial charge on any atom is 0.341 e. The summed E-state index contributed by atoms with van der Waals surface area (Å²) in [5, 5.41) is 10.8. The monoisotopic (exact) mass is 241 g/mol. The van der Waals surface area contributed by atoms with E-state index in [0.29, 0.717) is 0 Å². The van der Waals surface area contributed by atoms with Crippen LogP contribution in [0.3, 0.4) is 0 Å². The summed E-state index contributed by atoms with van der Waals surface area (Å²) in [6, 6.07) is 2.33. The minimum Gasteiger partial charge on any atom is -0.496 e. The average molecular weight is 241 g/mol. The highest BCUT2D eigenvalue weighted by Crippen LogP contribution is 2.34. The third-order valence-corrected chi connectivity index (χ3v) is 2.10. The minimum absolute atomic E-state index is 0.0134. The van der Waals surface area contributed by atoms with E-state index in [1.54, 1.807) is 0 Å². The van der Waals surface area contributed by atoms with Crippen LogP contribution in [-0.4, -0.2) is 32.2 Å². The standard InChI is InChI=1S/C10H11NO6/c1-15-8-5-9(16-2)7(11(13)14)4-6(8)10(12)17-3/h4-5H,1-3H3. The smallest absolute Gasteiger partial charge is 0.341 e. The molecule has 0 atom stereocenters. The Kier molecular flexibility index (Phi) is 3.86. The molecule has 0 unspecified atom stereocenters. The summed E-state index contributed by atoms with van der Waals surface area (Å²) < 4.78 is 14.3. The zero-order valence-electron chi connectivity index (χ0n) is 9.55. The Morgan fingerprint density at radius 2 is 1.76 bits per heavy atom. The van der Waals surface area contributed by atoms with Crippen LogP contribution in [0.2, 0.25) is 0 Å². The SMILES string of the molecule is COC(=O)c1cc([N+](=O)[O-])c(OC)cc1OC. The van der Waals surface area contributed by atoms with Crippen molar-refractivity contribution >= 4 is 11.7 Å². The molecule has 0 spiro atoms. The van der Waals surface area contributed by atoms with Crippen LogP contribution in [0.5, 0.6) is 11.5 Å². The third kappa shape index (κ3) is 2.44. The maximum atomic E-state index is 11.4. The molecule has 0 bridgehead atoms. The molecular weight excluding hydrogens is 230 g/mol. The van der Waals surface area contributed by atoms with E-state index in [9.17, 15) is 14.9 Å². The van der Waals surface area contributed by atoms with Crippen LogP contribution in [0.25, 0.3) is 0 Å². The average Bonchev–Trinajstić information content (AvgIpc) is 2.35. The van der Waals surface area contributed by atoms with Crippen molar-refractivity contribution in [2.24, 2.45) is 0 Å². The highest BCUT2D eigenvalue weighted by atomic mass is 16.6. The fraction of sp³-hybridized carbons (Fsp3) is 0.300. The Balaban J connectivity index is 3.44. The predicted octanol–water partition coefficient (Wildman–Crippen LogP) is 1.40. The van der Waals surface area contributed by atoms with E-state index in [1.165, 1.54) is 27.4 Å². The summed E-state index contributed by atoms with van der Waals surface area (Å²) in [5.74, 6) is -0.550. The molecule has 0 saturated heterocycles. The second kappa shape index (κ2) is 5.15. The molecule has 0 aromatic heterocycles. The van der Waals surface area contributed by atoms with E-state index in [4.69, 9.17) is 9.47 Å². The molecule has 17 heavy (non-hydrogen) atoms. The number of nitro benzene ring substituents is 1. The second-order valence-corrected chi connectivity index (χ2v) is 2.97. The van der Waals surface area contributed by atoms with Gasteiger partial charge in [0, 0.05) is 12.1 Å². The Labute approximate surface area is 97.0 Å². The number of hydrogen-bond donors (Lipinski definition) is 0. The van der Waals surface area contributed by atoms with Gasteiger partial charge in [-0.1, -0.05) is 0 Å². The van der Waals surface area contributed by atoms with Gasteiger partial charge in [-0.2, -0.15) is 0 Å². The number of esters is 1. The van der Waals surface area contributed by atoms with Gasteiger partial charge in [0.25, 0.3) is 0 Å². The number of rotatable bonds is 4. The number of benzene rings is 1. The molecule has 0 heterocycles. The first kappa shape index (κ1) is 12.8. The molecule has 7 heteroatoms. The quantitative estimate of drug-likeness (QED) is 0.449. The lowest BCUT2D eigenvalue weighted by molar-refractivity contribution is -0.385. The molecule has 0 aliphatic rings. The van der Waals surface area contributed by atoms with Gasteiger partial charge in [-0.3, -0.25) is 10.1 Å². The highest BCUT2D eigenvalue weighted by molar-refractivity contribution is 5.93. The van der Waals surface area contributed by atoms with E-state index in [2.05, 4.69) is 4.74 Å². The lowest BCUT2D eigenvalue weighted by Crippen LogP contribution is -2.06. The van der Waals surface area contributed by atoms with Gasteiger partial charge in [0.1, 0.15) is 11.3 Å². The van der Waals surface area contributed by atoms with E-state index >= 15 is 0 Å². The van der Waals surface area contributed by atoms with Gasteiger partial charge < -0.3 is 14.2 Å². The summed E-state index contributed by atoms with van der Waals surface area (Å²) in [7, 11) is 3.81. The number of carbonyl (C=O) groups is 1. The van der Waals surface area contributed by atoms with Crippen molar-refractivity contribution in [1.82, 2.24) is 0 Å². The second-order valence-electron chi connectivity index (χ2n) is 2.97. The molecule has 1 rings (SSSR count). The number of carbonyl (C=O) groups excluding carboxylic acids is 1. The number of nitrogens with zero attached hydrogens (tertiary/aromatic N) is 1. The molecule has 0 radical (unpaired) electrons. The Morgan fingerprint density at radius 1 is 1.18 bits per heavy atom. The van der Waals surface area contributed by atoms with Crippen LogP contribution in [0.15, 0.2) is 12.1 Å². The molecule has 1 aromatic carbocycles. The zero-order chi connectivity index (χ0) is 13.0. The molecule has 0 aliphatic carbocycles. The number of methoxy groups -OCH3 is 3. The fourth-order valence-corrected chi connectivity index (χ4v) is 1.29. The number of ether oxygens (including phenoxy) is 3. The molecule has 92 valence electrons. The highest BCUT2D eigenvalue weighted by Gasteiger charge is 2.23. The summed E-state index contributed by atoms with van der Waals surface area (Å²) >= 11 is 0. The Morgan fingerprint density at radius 3 is 2.18 bits per heavy atom. The summed E-state index contributed by atoms with van der Waals surface area (Å²) in [6.45, 7) is 0. The zero-order valence-corrected chi connectivity index (χ0v) is 9.55. The topological polar surface area (TPSA) is 87.9 Å². The van der Waals surface area contributed by atoms with E-state index in [0.717, 1.165) is 6.07 Å². The molecule has 0 fully saturated rings. The summed E-state index contributed by atoms with van der Waals surface area (Å²) in [6.07, 6.45) is 0. The van der Waals surface area contributed by atoms with Crippen LogP contribution in [-0.2, 0) is 4.74 Å². The molecule has 0 aliphatic heterocycles. The molecular formula is C10H11NO6. The third-order valence-electron chi connectivity index (χ3n) is 2.10. The normalized spacial score (nSPS) is 9.59. The van der Waals surface area contributed by atoms with Crippen molar-refractivity contribution in [2.45, 2.75) is 0 Å². The van der Waals surface area contributed by atoms with Crippen LogP contribution in [0, 0.1) is 10.1 Å². The molecule has 0 N–H and O–H groups in total. The van der Waals surface area contributed by atoms with E-state index in [-0.39, 0.29) is 22.7 Å². The number of nitro groups is 1. The van der Waals surface area contributed by atoms with Crippen molar-refractivity contribution in [3.05, 3.63) is 27.8 Å². The van der Waals surface area contributed by atoms with Gasteiger partial charge in [0.15, 0.2) is 0 Å². The first-order chi connectivity index (χ1) is 8.04. The van der Waals surface area contributed by atoms with Crippen molar-refractivity contribution in [3.8, 4) is 11.5 Å². The van der Waals surface area contributed by atoms with Crippen molar-refractivity contribution < 1.29 is 23.9 Å². The largest absolute Gasteiger partial charge is 0.496 e. The van der Waals surface area contributed by atoms with Crippen molar-refractivity contribution in [2.75, 3.05) is 21.3 Å². The van der Waals surface area contributed by atoms with Gasteiger partial charge in [-0.05, 0) is 0 Å². The predicted molar refractivity (Wildman–Crippen MR) is 57.5 cm³/mol. The maximum absolute atomic E-state index is 11.4. The first-order valence-electron chi connectivity index (χ1n) is 4.53. The Bertz CT molecular complexity index is 456. The van der Waals surface area contributed by atoms with Crippen LogP contribution in [0.4, 0.5) is 5.69 Å². The summed E-state index contributed by atoms with van der Waals surface area (Å²) in [5.41, 5.74) is -0.351. The van der Waals surface area contributed by atoms with Gasteiger partial charge in [-0.25, -0.2) is 4.79 Å².